The molecule has 0 saturated carbocycles. The van der Waals surface area contributed by atoms with Crippen molar-refractivity contribution < 1.29 is 9.53 Å². The molecule has 168 valence electrons. The second-order valence-electron chi connectivity index (χ2n) is 7.12. The fraction of sp³-hybridized carbons (Fsp3) is 0.167. The van der Waals surface area contributed by atoms with E-state index in [9.17, 15) is 4.79 Å². The van der Waals surface area contributed by atoms with Crippen molar-refractivity contribution in [2.45, 2.75) is 19.0 Å². The van der Waals surface area contributed by atoms with E-state index in [0.717, 1.165) is 32.7 Å². The average Bonchev–Trinajstić information content (AvgIpc) is 3.25. The lowest BCUT2D eigenvalue weighted by Gasteiger charge is -2.12. The molecule has 0 aliphatic rings. The summed E-state index contributed by atoms with van der Waals surface area (Å²) in [6.07, 6.45) is 3.43. The summed E-state index contributed by atoms with van der Waals surface area (Å²) in [6, 6.07) is 17.3. The highest BCUT2D eigenvalue weighted by Gasteiger charge is 2.18. The minimum Gasteiger partial charge on any atom is -0.494 e. The van der Waals surface area contributed by atoms with Crippen LogP contribution in [0.1, 0.15) is 12.5 Å². The van der Waals surface area contributed by atoms with Gasteiger partial charge < -0.3 is 10.1 Å². The maximum Gasteiger partial charge on any atom is 0.234 e. The van der Waals surface area contributed by atoms with Crippen molar-refractivity contribution in [1.29, 1.82) is 0 Å². The standard InChI is InChI=1S/C24H22BrN5O2S/c1-3-32-19-7-5-18(6-8-19)30-23(17-10-12-26-13-11-17)28-29-24(30)33-15-22(31)27-21-9-4-16(2)14-20(21)25/h4-14H,3,15H2,1-2H3,(H,27,31). The first kappa shape index (κ1) is 23.0. The Balaban J connectivity index is 1.58. The molecule has 4 aromatic rings. The molecule has 33 heavy (non-hydrogen) atoms. The van der Waals surface area contributed by atoms with Crippen molar-refractivity contribution >= 4 is 39.3 Å². The highest BCUT2D eigenvalue weighted by atomic mass is 79.9. The highest BCUT2D eigenvalue weighted by Crippen LogP contribution is 2.29. The molecule has 0 aliphatic heterocycles. The molecule has 9 heteroatoms. The van der Waals surface area contributed by atoms with Gasteiger partial charge in [0.1, 0.15) is 5.75 Å². The predicted octanol–water partition coefficient (Wildman–Crippen LogP) is 5.53. The first-order valence-corrected chi connectivity index (χ1v) is 12.1. The van der Waals surface area contributed by atoms with Gasteiger partial charge in [0.15, 0.2) is 11.0 Å². The lowest BCUT2D eigenvalue weighted by molar-refractivity contribution is -0.113. The third-order valence-corrected chi connectivity index (χ3v) is 6.29. The van der Waals surface area contributed by atoms with Gasteiger partial charge in [0.2, 0.25) is 5.91 Å². The summed E-state index contributed by atoms with van der Waals surface area (Å²) >= 11 is 4.82. The van der Waals surface area contributed by atoms with Crippen molar-refractivity contribution in [3.63, 3.8) is 0 Å². The van der Waals surface area contributed by atoms with Gasteiger partial charge >= 0.3 is 0 Å². The number of aryl methyl sites for hydroxylation is 1. The van der Waals surface area contributed by atoms with Crippen LogP contribution >= 0.6 is 27.7 Å². The average molecular weight is 524 g/mol. The van der Waals surface area contributed by atoms with Crippen LogP contribution in [0.4, 0.5) is 5.69 Å². The first-order chi connectivity index (χ1) is 16.0. The summed E-state index contributed by atoms with van der Waals surface area (Å²) in [5.41, 5.74) is 3.60. The summed E-state index contributed by atoms with van der Waals surface area (Å²) in [7, 11) is 0. The van der Waals surface area contributed by atoms with Gasteiger partial charge in [0, 0.05) is 28.1 Å². The molecule has 0 radical (unpaired) electrons. The van der Waals surface area contributed by atoms with Crippen LogP contribution in [0.15, 0.2) is 76.6 Å². The molecule has 0 aliphatic carbocycles. The topological polar surface area (TPSA) is 81.9 Å². The zero-order valence-corrected chi connectivity index (χ0v) is 20.6. The van der Waals surface area contributed by atoms with E-state index in [0.29, 0.717) is 17.6 Å². The fourth-order valence-electron chi connectivity index (χ4n) is 3.18. The number of thioether (sulfide) groups is 1. The Morgan fingerprint density at radius 1 is 1.09 bits per heavy atom. The number of halogens is 1. The fourth-order valence-corrected chi connectivity index (χ4v) is 4.52. The monoisotopic (exact) mass is 523 g/mol. The Bertz CT molecular complexity index is 1250. The molecule has 4 rings (SSSR count). The number of aromatic nitrogens is 4. The molecule has 2 aromatic carbocycles. The molecule has 1 N–H and O–H groups in total. The third kappa shape index (κ3) is 5.61. The number of ether oxygens (including phenoxy) is 1. The molecule has 2 heterocycles. The molecule has 0 spiro atoms. The lowest BCUT2D eigenvalue weighted by atomic mass is 10.2. The maximum atomic E-state index is 12.6. The molecule has 0 unspecified atom stereocenters. The second kappa shape index (κ2) is 10.6. The number of nitrogens with zero attached hydrogens (tertiary/aromatic N) is 4. The minimum absolute atomic E-state index is 0.128. The van der Waals surface area contributed by atoms with E-state index in [4.69, 9.17) is 4.74 Å². The first-order valence-electron chi connectivity index (χ1n) is 10.3. The summed E-state index contributed by atoms with van der Waals surface area (Å²) in [5, 5.41) is 12.3. The number of pyridine rings is 1. The van der Waals surface area contributed by atoms with Crippen LogP contribution in [0.3, 0.4) is 0 Å². The number of carbonyl (C=O) groups excluding carboxylic acids is 1. The van der Waals surface area contributed by atoms with Crippen LogP contribution in [-0.4, -0.2) is 38.0 Å². The molecule has 0 bridgehead atoms. The molecule has 0 atom stereocenters. The molecule has 7 nitrogen and oxygen atoms in total. The van der Waals surface area contributed by atoms with E-state index in [2.05, 4.69) is 36.4 Å². The van der Waals surface area contributed by atoms with Gasteiger partial charge in [0.25, 0.3) is 0 Å². The van der Waals surface area contributed by atoms with E-state index in [1.165, 1.54) is 11.8 Å². The van der Waals surface area contributed by atoms with E-state index < -0.39 is 0 Å². The Morgan fingerprint density at radius 2 is 1.85 bits per heavy atom. The number of rotatable bonds is 8. The van der Waals surface area contributed by atoms with Gasteiger partial charge in [-0.1, -0.05) is 17.8 Å². The lowest BCUT2D eigenvalue weighted by Crippen LogP contribution is -2.15. The molecule has 0 saturated heterocycles. The molecular formula is C24H22BrN5O2S. The highest BCUT2D eigenvalue weighted by molar-refractivity contribution is 9.10. The zero-order chi connectivity index (χ0) is 23.2. The van der Waals surface area contributed by atoms with Gasteiger partial charge in [-0.3, -0.25) is 14.3 Å². The van der Waals surface area contributed by atoms with Gasteiger partial charge in [-0.2, -0.15) is 0 Å². The van der Waals surface area contributed by atoms with Crippen LogP contribution in [-0.2, 0) is 4.79 Å². The Morgan fingerprint density at radius 3 is 2.55 bits per heavy atom. The number of carbonyl (C=O) groups is 1. The van der Waals surface area contributed by atoms with E-state index in [1.807, 2.05) is 73.0 Å². The van der Waals surface area contributed by atoms with Crippen molar-refractivity contribution in [3.05, 3.63) is 77.0 Å². The quantitative estimate of drug-likeness (QED) is 0.306. The summed E-state index contributed by atoms with van der Waals surface area (Å²) < 4.78 is 8.35. The predicted molar refractivity (Wildman–Crippen MR) is 134 cm³/mol. The van der Waals surface area contributed by atoms with Gasteiger partial charge in [-0.15, -0.1) is 10.2 Å². The van der Waals surface area contributed by atoms with Gasteiger partial charge in [-0.05, 0) is 83.9 Å². The number of anilines is 1. The summed E-state index contributed by atoms with van der Waals surface area (Å²) in [6.45, 7) is 4.55. The summed E-state index contributed by atoms with van der Waals surface area (Å²) in [5.74, 6) is 1.52. The summed E-state index contributed by atoms with van der Waals surface area (Å²) in [4.78, 5) is 16.7. The number of nitrogens with one attached hydrogen (secondary N) is 1. The number of hydrogen-bond donors (Lipinski definition) is 1. The number of amides is 1. The largest absolute Gasteiger partial charge is 0.494 e. The normalized spacial score (nSPS) is 10.8. The van der Waals surface area contributed by atoms with Crippen LogP contribution in [0, 0.1) is 6.92 Å². The molecule has 1 amide bonds. The number of hydrogen-bond acceptors (Lipinski definition) is 6. The van der Waals surface area contributed by atoms with Crippen LogP contribution in [0.5, 0.6) is 5.75 Å². The Kier molecular flexibility index (Phi) is 7.41. The van der Waals surface area contributed by atoms with Crippen molar-refractivity contribution in [1.82, 2.24) is 19.7 Å². The van der Waals surface area contributed by atoms with E-state index >= 15 is 0 Å². The second-order valence-corrected chi connectivity index (χ2v) is 8.92. The van der Waals surface area contributed by atoms with Crippen LogP contribution in [0.2, 0.25) is 0 Å². The molecular weight excluding hydrogens is 502 g/mol. The SMILES string of the molecule is CCOc1ccc(-n2c(SCC(=O)Nc3ccc(C)cc3Br)nnc2-c2ccncc2)cc1. The van der Waals surface area contributed by atoms with Crippen LogP contribution < -0.4 is 10.1 Å². The smallest absolute Gasteiger partial charge is 0.234 e. The zero-order valence-electron chi connectivity index (χ0n) is 18.2. The Labute approximate surface area is 204 Å². The third-order valence-electron chi connectivity index (χ3n) is 4.71. The number of benzene rings is 2. The Hall–Kier alpha value is -3.17. The van der Waals surface area contributed by atoms with E-state index in [-0.39, 0.29) is 11.7 Å². The van der Waals surface area contributed by atoms with Crippen molar-refractivity contribution in [2.24, 2.45) is 0 Å². The van der Waals surface area contributed by atoms with E-state index in [1.54, 1.807) is 12.4 Å². The van der Waals surface area contributed by atoms with Crippen molar-refractivity contribution in [3.8, 4) is 22.8 Å². The van der Waals surface area contributed by atoms with Crippen molar-refractivity contribution in [2.75, 3.05) is 17.7 Å². The van der Waals surface area contributed by atoms with Crippen LogP contribution in [0.25, 0.3) is 17.1 Å². The van der Waals surface area contributed by atoms with Gasteiger partial charge in [-0.25, -0.2) is 0 Å². The molecule has 2 aromatic heterocycles. The maximum absolute atomic E-state index is 12.6. The molecule has 0 fully saturated rings. The van der Waals surface area contributed by atoms with Gasteiger partial charge in [0.05, 0.1) is 18.0 Å². The minimum atomic E-state index is -0.128.